The SMILES string of the molecule is COOC[C@H]1O[C@@](C=O)(n2cnc3c(NC(=O)c4ccccc4)ncnc32)[C@@](O)(C=O)[C@@]1(O)C(c1ccccc1)(c1ccccc1)c1ccccc1. The summed E-state index contributed by atoms with van der Waals surface area (Å²) < 4.78 is 7.56. The molecule has 4 atom stereocenters. The molecule has 0 aliphatic carbocycles. The minimum Gasteiger partial charge on any atom is -0.382 e. The van der Waals surface area contributed by atoms with Gasteiger partial charge in [0.15, 0.2) is 35.2 Å². The third-order valence-electron chi connectivity index (χ3n) is 9.73. The molecule has 0 unspecified atom stereocenters. The minimum atomic E-state index is -3.13. The zero-order valence-corrected chi connectivity index (χ0v) is 27.8. The van der Waals surface area contributed by atoms with Crippen LogP contribution in [0.1, 0.15) is 27.0 Å². The topological polar surface area (TPSA) is 175 Å². The van der Waals surface area contributed by atoms with Gasteiger partial charge in [-0.3, -0.25) is 19.0 Å². The molecule has 6 aromatic rings. The van der Waals surface area contributed by atoms with E-state index >= 15 is 0 Å². The zero-order chi connectivity index (χ0) is 36.4. The van der Waals surface area contributed by atoms with Gasteiger partial charge in [-0.15, -0.1) is 0 Å². The van der Waals surface area contributed by atoms with E-state index in [1.54, 1.807) is 121 Å². The number of hydrogen-bond acceptors (Lipinski definition) is 11. The van der Waals surface area contributed by atoms with E-state index in [2.05, 4.69) is 20.3 Å². The number of anilines is 1. The third-order valence-corrected chi connectivity index (χ3v) is 9.73. The molecule has 4 aromatic carbocycles. The van der Waals surface area contributed by atoms with Crippen LogP contribution in [0.3, 0.4) is 0 Å². The molecular weight excluding hydrogens is 666 g/mol. The lowest BCUT2D eigenvalue weighted by atomic mass is 9.52. The normalized spacial score (nSPS) is 22.9. The van der Waals surface area contributed by atoms with E-state index in [0.717, 1.165) is 17.2 Å². The number of ether oxygens (including phenoxy) is 1. The number of fused-ring (bicyclic) bond motifs is 1. The van der Waals surface area contributed by atoms with Crippen LogP contribution in [0.4, 0.5) is 5.82 Å². The number of amides is 1. The van der Waals surface area contributed by atoms with Crippen LogP contribution >= 0.6 is 0 Å². The number of carbonyl (C=O) groups is 3. The molecule has 0 saturated carbocycles. The first-order chi connectivity index (χ1) is 25.3. The Labute approximate surface area is 297 Å². The summed E-state index contributed by atoms with van der Waals surface area (Å²) in [6.45, 7) is -0.563. The van der Waals surface area contributed by atoms with Gasteiger partial charge in [-0.1, -0.05) is 109 Å². The van der Waals surface area contributed by atoms with E-state index in [1.807, 2.05) is 0 Å². The Balaban J connectivity index is 1.52. The number of aliphatic hydroxyl groups is 2. The molecule has 1 aliphatic rings. The smallest absolute Gasteiger partial charge is 0.256 e. The van der Waals surface area contributed by atoms with Crippen LogP contribution in [0.5, 0.6) is 0 Å². The van der Waals surface area contributed by atoms with Crippen LogP contribution in [0, 0.1) is 0 Å². The van der Waals surface area contributed by atoms with Gasteiger partial charge in [-0.05, 0) is 28.8 Å². The van der Waals surface area contributed by atoms with Crippen molar-refractivity contribution in [3.05, 3.63) is 156 Å². The fraction of sp³-hybridized carbons (Fsp3) is 0.179. The number of rotatable bonds is 12. The first-order valence-corrected chi connectivity index (χ1v) is 16.2. The highest BCUT2D eigenvalue weighted by molar-refractivity contribution is 6.06. The van der Waals surface area contributed by atoms with Gasteiger partial charge in [0.05, 0.1) is 12.5 Å². The first kappa shape index (κ1) is 34.5. The lowest BCUT2D eigenvalue weighted by Crippen LogP contribution is -2.74. The van der Waals surface area contributed by atoms with Gasteiger partial charge >= 0.3 is 0 Å². The number of imidazole rings is 1. The minimum absolute atomic E-state index is 0.00503. The van der Waals surface area contributed by atoms with Crippen molar-refractivity contribution in [2.24, 2.45) is 0 Å². The van der Waals surface area contributed by atoms with Gasteiger partial charge in [0.25, 0.3) is 5.91 Å². The molecule has 3 N–H and O–H groups in total. The Hall–Kier alpha value is -5.96. The maximum absolute atomic E-state index is 13.8. The van der Waals surface area contributed by atoms with Gasteiger partial charge in [-0.2, -0.15) is 0 Å². The van der Waals surface area contributed by atoms with Crippen LogP contribution in [-0.4, -0.2) is 79.2 Å². The Kier molecular flexibility index (Phi) is 9.04. The Morgan fingerprint density at radius 1 is 0.827 bits per heavy atom. The van der Waals surface area contributed by atoms with E-state index in [0.29, 0.717) is 22.3 Å². The number of nitrogens with zero attached hydrogens (tertiary/aromatic N) is 4. The highest BCUT2D eigenvalue weighted by Gasteiger charge is 2.82. The van der Waals surface area contributed by atoms with Crippen LogP contribution in [0.2, 0.25) is 0 Å². The third kappa shape index (κ3) is 4.90. The number of nitrogens with one attached hydrogen (secondary N) is 1. The molecule has 0 spiro atoms. The summed E-state index contributed by atoms with van der Waals surface area (Å²) in [6.07, 6.45) is 0.897. The summed E-state index contributed by atoms with van der Waals surface area (Å²) in [5, 5.41) is 29.7. The van der Waals surface area contributed by atoms with Crippen molar-refractivity contribution in [3.63, 3.8) is 0 Å². The summed E-state index contributed by atoms with van der Waals surface area (Å²) in [5.74, 6) is -0.515. The molecule has 0 radical (unpaired) electrons. The highest BCUT2D eigenvalue weighted by atomic mass is 17.2. The number of carbonyl (C=O) groups excluding carboxylic acids is 3. The summed E-state index contributed by atoms with van der Waals surface area (Å²) in [5.41, 5.74) is -8.87. The molecule has 1 amide bonds. The molecule has 1 fully saturated rings. The van der Waals surface area contributed by atoms with Crippen LogP contribution < -0.4 is 5.32 Å². The lowest BCUT2D eigenvalue weighted by Gasteiger charge is -2.53. The average Bonchev–Trinajstić information content (AvgIpc) is 3.72. The highest BCUT2D eigenvalue weighted by Crippen LogP contribution is 2.61. The van der Waals surface area contributed by atoms with Crippen molar-refractivity contribution in [2.45, 2.75) is 28.4 Å². The van der Waals surface area contributed by atoms with Crippen molar-refractivity contribution in [2.75, 3.05) is 19.0 Å². The molecule has 2 aromatic heterocycles. The van der Waals surface area contributed by atoms with Gasteiger partial charge in [0, 0.05) is 5.56 Å². The second kappa shape index (κ2) is 13.6. The standard InChI is InChI=1S/C39H33N5O8/c1-50-51-22-31-39(49,38(28-16-8-3-9-17-28,29-18-10-4-11-19-29)30-20-12-5-13-21-30)36(48,23-45)37(24-46,52-31)44-26-42-32-33(40-25-41-34(32)44)43-35(47)27-14-6-2-7-15-27/h2-21,23-26,31,48-49H,22H2,1H3,(H,40,41,43,47)/t31-,36+,37-,39-/m1/s1. The number of hydrogen-bond donors (Lipinski definition) is 3. The molecular formula is C39H33N5O8. The lowest BCUT2D eigenvalue weighted by molar-refractivity contribution is -0.298. The number of benzene rings is 4. The summed E-state index contributed by atoms with van der Waals surface area (Å²) in [7, 11) is 1.25. The maximum atomic E-state index is 13.8. The molecule has 3 heterocycles. The van der Waals surface area contributed by atoms with Crippen molar-refractivity contribution >= 4 is 35.5 Å². The molecule has 262 valence electrons. The quantitative estimate of drug-likeness (QED) is 0.0737. The molecule has 13 heteroatoms. The monoisotopic (exact) mass is 699 g/mol. The second-order valence-corrected chi connectivity index (χ2v) is 12.2. The van der Waals surface area contributed by atoms with E-state index in [-0.39, 0.29) is 29.6 Å². The molecule has 0 bridgehead atoms. The van der Waals surface area contributed by atoms with Crippen LogP contribution in [-0.2, 0) is 35.2 Å². The van der Waals surface area contributed by atoms with Crippen LogP contribution in [0.15, 0.2) is 134 Å². The van der Waals surface area contributed by atoms with Crippen molar-refractivity contribution in [1.82, 2.24) is 19.5 Å². The van der Waals surface area contributed by atoms with Crippen molar-refractivity contribution in [1.29, 1.82) is 0 Å². The Morgan fingerprint density at radius 3 is 1.87 bits per heavy atom. The maximum Gasteiger partial charge on any atom is 0.256 e. The molecule has 7 rings (SSSR count). The predicted molar refractivity (Wildman–Crippen MR) is 187 cm³/mol. The zero-order valence-electron chi connectivity index (χ0n) is 27.8. The fourth-order valence-corrected chi connectivity index (χ4v) is 7.47. The van der Waals surface area contributed by atoms with Gasteiger partial charge in [-0.25, -0.2) is 24.7 Å². The summed E-state index contributed by atoms with van der Waals surface area (Å²) in [6, 6.07) is 34.8. The fourth-order valence-electron chi connectivity index (χ4n) is 7.47. The van der Waals surface area contributed by atoms with E-state index in [4.69, 9.17) is 14.5 Å². The van der Waals surface area contributed by atoms with Gasteiger partial charge < -0.3 is 20.3 Å². The van der Waals surface area contributed by atoms with Gasteiger partial charge in [0.2, 0.25) is 11.3 Å². The Bertz CT molecular complexity index is 2110. The average molecular weight is 700 g/mol. The first-order valence-electron chi connectivity index (χ1n) is 16.2. The largest absolute Gasteiger partial charge is 0.382 e. The predicted octanol–water partition coefficient (Wildman–Crippen LogP) is 3.60. The van der Waals surface area contributed by atoms with Crippen molar-refractivity contribution < 1.29 is 39.1 Å². The molecule has 1 saturated heterocycles. The van der Waals surface area contributed by atoms with Gasteiger partial charge in [0.1, 0.15) is 25.4 Å². The molecule has 52 heavy (non-hydrogen) atoms. The summed E-state index contributed by atoms with van der Waals surface area (Å²) >= 11 is 0. The van der Waals surface area contributed by atoms with Crippen molar-refractivity contribution in [3.8, 4) is 0 Å². The number of aromatic nitrogens is 4. The molecule has 1 aliphatic heterocycles. The van der Waals surface area contributed by atoms with E-state index < -0.39 is 41.0 Å². The van der Waals surface area contributed by atoms with E-state index in [1.165, 1.54) is 7.11 Å². The Morgan fingerprint density at radius 2 is 1.37 bits per heavy atom. The number of aldehydes is 2. The van der Waals surface area contributed by atoms with E-state index in [9.17, 15) is 24.6 Å². The second-order valence-electron chi connectivity index (χ2n) is 12.2. The molecule has 13 nitrogen and oxygen atoms in total. The van der Waals surface area contributed by atoms with Crippen LogP contribution in [0.25, 0.3) is 11.2 Å². The summed E-state index contributed by atoms with van der Waals surface area (Å²) in [4.78, 5) is 63.9.